The smallest absolute Gasteiger partial charge is 0.249 e. The van der Waals surface area contributed by atoms with Gasteiger partial charge in [-0.2, -0.15) is 0 Å². The van der Waals surface area contributed by atoms with E-state index in [1.807, 2.05) is 40.8 Å². The number of hydrogen-bond donors (Lipinski definition) is 0. The molecule has 1 aromatic carbocycles. The number of aromatic nitrogens is 2. The Morgan fingerprint density at radius 3 is 2.85 bits per heavy atom. The molecule has 3 atom stereocenters. The Kier molecular flexibility index (Phi) is 6.10. The number of amides is 1. The number of halogens is 1. The fourth-order valence-corrected chi connectivity index (χ4v) is 5.93. The summed E-state index contributed by atoms with van der Waals surface area (Å²) in [5, 5.41) is 0.772. The Balaban J connectivity index is 1.37. The van der Waals surface area contributed by atoms with Crippen molar-refractivity contribution in [2.24, 2.45) is 4.99 Å². The summed E-state index contributed by atoms with van der Waals surface area (Å²) in [5.41, 5.74) is 2.73. The van der Waals surface area contributed by atoms with Crippen molar-refractivity contribution in [3.8, 4) is 5.75 Å². The number of piperidine rings is 1. The van der Waals surface area contributed by atoms with E-state index in [0.29, 0.717) is 6.42 Å². The van der Waals surface area contributed by atoms with Crippen LogP contribution in [0.25, 0.3) is 5.65 Å². The van der Waals surface area contributed by atoms with Gasteiger partial charge in [0.05, 0.1) is 23.1 Å². The third kappa shape index (κ3) is 4.49. The summed E-state index contributed by atoms with van der Waals surface area (Å²) in [4.78, 5) is 25.2. The first-order valence-electron chi connectivity index (χ1n) is 11.3. The summed E-state index contributed by atoms with van der Waals surface area (Å²) in [5.74, 6) is 0.556. The van der Waals surface area contributed by atoms with Crippen LogP contribution in [0.5, 0.6) is 5.75 Å². The number of carbonyl (C=O) groups excluding carboxylic acids is 1. The van der Waals surface area contributed by atoms with E-state index in [1.54, 1.807) is 31.0 Å². The molecule has 0 spiro atoms. The molecule has 33 heavy (non-hydrogen) atoms. The van der Waals surface area contributed by atoms with Crippen LogP contribution in [-0.2, 0) is 11.2 Å². The summed E-state index contributed by atoms with van der Waals surface area (Å²) in [6, 6.07) is 9.86. The molecular formula is C25H27FN4O2S. The Hall–Kier alpha value is -2.87. The topological polar surface area (TPSA) is 59.2 Å². The van der Waals surface area contributed by atoms with Crippen LogP contribution in [0.2, 0.25) is 0 Å². The summed E-state index contributed by atoms with van der Waals surface area (Å²) < 4.78 is 20.7. The molecule has 0 bridgehead atoms. The number of hydrogen-bond acceptors (Lipinski definition) is 5. The Bertz CT molecular complexity index is 1190. The van der Waals surface area contributed by atoms with Gasteiger partial charge in [0.15, 0.2) is 0 Å². The molecule has 2 unspecified atom stereocenters. The summed E-state index contributed by atoms with van der Waals surface area (Å²) in [6.07, 6.45) is 7.72. The lowest BCUT2D eigenvalue weighted by atomic mass is 9.96. The van der Waals surface area contributed by atoms with Gasteiger partial charge in [-0.1, -0.05) is 12.1 Å². The lowest BCUT2D eigenvalue weighted by Gasteiger charge is -2.37. The van der Waals surface area contributed by atoms with Gasteiger partial charge in [-0.05, 0) is 49.9 Å². The molecular weight excluding hydrogens is 439 g/mol. The van der Waals surface area contributed by atoms with Gasteiger partial charge in [0.1, 0.15) is 23.3 Å². The Morgan fingerprint density at radius 1 is 1.24 bits per heavy atom. The minimum atomic E-state index is -0.480. The van der Waals surface area contributed by atoms with Gasteiger partial charge in [-0.15, -0.1) is 11.8 Å². The average Bonchev–Trinajstić information content (AvgIpc) is 3.41. The van der Waals surface area contributed by atoms with Gasteiger partial charge in [0.2, 0.25) is 5.91 Å². The molecule has 2 aliphatic rings. The van der Waals surface area contributed by atoms with E-state index >= 15 is 0 Å². The third-order valence-corrected chi connectivity index (χ3v) is 7.66. The zero-order valence-corrected chi connectivity index (χ0v) is 19.6. The minimum absolute atomic E-state index is 0.0591. The molecule has 8 heteroatoms. The molecule has 1 amide bonds. The maximum absolute atomic E-state index is 13.7. The van der Waals surface area contributed by atoms with Crippen LogP contribution >= 0.6 is 11.8 Å². The number of ether oxygens (including phenoxy) is 1. The van der Waals surface area contributed by atoms with Gasteiger partial charge in [0, 0.05) is 37.5 Å². The van der Waals surface area contributed by atoms with Crippen LogP contribution in [0.4, 0.5) is 4.39 Å². The van der Waals surface area contributed by atoms with E-state index in [0.717, 1.165) is 53.5 Å². The molecule has 0 N–H and O–H groups in total. The Labute approximate surface area is 196 Å². The zero-order valence-electron chi connectivity index (χ0n) is 18.8. The number of imidazole rings is 1. The number of aliphatic imine (C=N–C) groups is 1. The largest absolute Gasteiger partial charge is 0.497 e. The fraction of sp³-hybridized carbons (Fsp3) is 0.400. The van der Waals surface area contributed by atoms with E-state index in [1.165, 1.54) is 12.1 Å². The Morgan fingerprint density at radius 2 is 2.06 bits per heavy atom. The van der Waals surface area contributed by atoms with E-state index in [9.17, 15) is 9.18 Å². The number of thioether (sulfide) groups is 1. The van der Waals surface area contributed by atoms with E-state index in [2.05, 4.69) is 0 Å². The molecule has 1 fully saturated rings. The van der Waals surface area contributed by atoms with Crippen LogP contribution in [0.15, 0.2) is 53.8 Å². The first kappa shape index (κ1) is 21.9. The predicted molar refractivity (Wildman–Crippen MR) is 128 cm³/mol. The molecule has 172 valence electrons. The van der Waals surface area contributed by atoms with E-state index < -0.39 is 6.04 Å². The number of carbonyl (C=O) groups is 1. The van der Waals surface area contributed by atoms with E-state index in [-0.39, 0.29) is 23.0 Å². The summed E-state index contributed by atoms with van der Waals surface area (Å²) in [6.45, 7) is 2.67. The first-order chi connectivity index (χ1) is 16.0. The normalized spacial score (nSPS) is 23.1. The van der Waals surface area contributed by atoms with E-state index in [4.69, 9.17) is 14.7 Å². The molecule has 0 saturated carbocycles. The fourth-order valence-electron chi connectivity index (χ4n) is 4.78. The number of likely N-dealkylation sites (tertiary alicyclic amines) is 1. The van der Waals surface area contributed by atoms with Gasteiger partial charge < -0.3 is 14.0 Å². The quantitative estimate of drug-likeness (QED) is 0.548. The number of nitrogens with zero attached hydrogens (tertiary/aromatic N) is 4. The second kappa shape index (κ2) is 9.17. The van der Waals surface area contributed by atoms with Crippen LogP contribution in [0, 0.1) is 5.82 Å². The van der Waals surface area contributed by atoms with Crippen molar-refractivity contribution in [2.75, 3.05) is 13.7 Å². The highest BCUT2D eigenvalue weighted by atomic mass is 32.2. The number of rotatable bonds is 5. The van der Waals surface area contributed by atoms with Crippen molar-refractivity contribution < 1.29 is 13.9 Å². The highest BCUT2D eigenvalue weighted by Gasteiger charge is 2.40. The van der Waals surface area contributed by atoms with Crippen LogP contribution in [-0.4, -0.2) is 51.0 Å². The SMILES string of the molecule is COc1ccn2cc(C[C@@H]3CCCCN3C(=O)C3N=C(C)SC3c3ccc(F)cc3)nc2c1. The predicted octanol–water partition coefficient (Wildman–Crippen LogP) is 4.68. The molecule has 5 rings (SSSR count). The zero-order chi connectivity index (χ0) is 22.9. The van der Waals surface area contributed by atoms with Crippen LogP contribution < -0.4 is 4.74 Å². The molecule has 6 nitrogen and oxygen atoms in total. The molecule has 3 aromatic rings. The number of methoxy groups -OCH3 is 1. The van der Waals surface area contributed by atoms with Gasteiger partial charge in [-0.3, -0.25) is 9.79 Å². The lowest BCUT2D eigenvalue weighted by molar-refractivity contribution is -0.136. The minimum Gasteiger partial charge on any atom is -0.497 e. The number of fused-ring (bicyclic) bond motifs is 1. The standard InChI is InChI=1S/C25H27FN4O2S/c1-16-27-23(24(33-16)17-6-8-18(26)9-7-17)25(31)30-11-4-3-5-20(30)13-19-15-29-12-10-21(32-2)14-22(29)28-19/h6-10,12,14-15,20,23-24H,3-5,11,13H2,1-2H3/t20-,23?,24?/m0/s1. The van der Waals surface area contributed by atoms with Crippen molar-refractivity contribution in [2.45, 2.75) is 49.9 Å². The van der Waals surface area contributed by atoms with Crippen molar-refractivity contribution >= 4 is 28.4 Å². The first-order valence-corrected chi connectivity index (χ1v) is 12.2. The molecule has 1 saturated heterocycles. The monoisotopic (exact) mass is 466 g/mol. The van der Waals surface area contributed by atoms with Crippen molar-refractivity contribution in [1.82, 2.24) is 14.3 Å². The van der Waals surface area contributed by atoms with Gasteiger partial charge >= 0.3 is 0 Å². The van der Waals surface area contributed by atoms with Crippen LogP contribution in [0.3, 0.4) is 0 Å². The second-order valence-corrected chi connectivity index (χ2v) is 9.97. The van der Waals surface area contributed by atoms with Gasteiger partial charge in [-0.25, -0.2) is 9.37 Å². The van der Waals surface area contributed by atoms with Gasteiger partial charge in [0.25, 0.3) is 0 Å². The van der Waals surface area contributed by atoms with Crippen molar-refractivity contribution in [1.29, 1.82) is 0 Å². The molecule has 0 aliphatic carbocycles. The maximum Gasteiger partial charge on any atom is 0.249 e. The van der Waals surface area contributed by atoms with Crippen LogP contribution in [0.1, 0.15) is 42.7 Å². The lowest BCUT2D eigenvalue weighted by Crippen LogP contribution is -2.49. The molecule has 4 heterocycles. The summed E-state index contributed by atoms with van der Waals surface area (Å²) in [7, 11) is 1.64. The third-order valence-electron chi connectivity index (χ3n) is 6.43. The highest BCUT2D eigenvalue weighted by molar-refractivity contribution is 8.14. The summed E-state index contributed by atoms with van der Waals surface area (Å²) >= 11 is 1.59. The maximum atomic E-state index is 13.7. The average molecular weight is 467 g/mol. The number of pyridine rings is 1. The molecule has 0 radical (unpaired) electrons. The van der Waals surface area contributed by atoms with Crippen molar-refractivity contribution in [3.05, 3.63) is 65.9 Å². The molecule has 2 aliphatic heterocycles. The molecule has 2 aromatic heterocycles. The second-order valence-electron chi connectivity index (χ2n) is 8.63. The number of benzene rings is 1. The highest BCUT2D eigenvalue weighted by Crippen LogP contribution is 2.41. The van der Waals surface area contributed by atoms with Crippen molar-refractivity contribution in [3.63, 3.8) is 0 Å².